The molecule has 1 fully saturated rings. The largest absolute Gasteiger partial charge is 0.368 e. The molecule has 1 saturated heterocycles. The molecule has 1 N–H and O–H groups in total. The Balaban J connectivity index is 1.33. The molecule has 0 unspecified atom stereocenters. The lowest BCUT2D eigenvalue weighted by molar-refractivity contribution is 0.0950. The lowest BCUT2D eigenvalue weighted by Gasteiger charge is -2.37. The molecule has 0 radical (unpaired) electrons. The second kappa shape index (κ2) is 9.06. The molecule has 6 nitrogen and oxygen atoms in total. The van der Waals surface area contributed by atoms with Crippen LogP contribution in [0.15, 0.2) is 85.2 Å². The van der Waals surface area contributed by atoms with Crippen LogP contribution in [0.5, 0.6) is 0 Å². The Morgan fingerprint density at radius 3 is 2.38 bits per heavy atom. The number of pyridine rings is 2. The van der Waals surface area contributed by atoms with Gasteiger partial charge in [0, 0.05) is 55.2 Å². The molecule has 1 aliphatic heterocycles. The number of nitrogens with one attached hydrogen (secondary N) is 1. The third kappa shape index (κ3) is 4.25. The number of hydrogen-bond donors (Lipinski definition) is 1. The molecule has 160 valence electrons. The summed E-state index contributed by atoms with van der Waals surface area (Å²) in [5, 5.41) is 5.05. The molecule has 0 spiro atoms. The summed E-state index contributed by atoms with van der Waals surface area (Å²) in [5.41, 5.74) is 2.72. The lowest BCUT2D eigenvalue weighted by atomic mass is 10.1. The van der Waals surface area contributed by atoms with Gasteiger partial charge in [-0.1, -0.05) is 30.3 Å². The van der Waals surface area contributed by atoms with Crippen LogP contribution in [0.1, 0.15) is 16.1 Å². The van der Waals surface area contributed by atoms with Gasteiger partial charge in [-0.05, 0) is 47.9 Å². The zero-order valence-corrected chi connectivity index (χ0v) is 17.8. The van der Waals surface area contributed by atoms with Crippen molar-refractivity contribution in [1.82, 2.24) is 15.3 Å². The Morgan fingerprint density at radius 2 is 1.59 bits per heavy atom. The SMILES string of the molecule is O=C(NCc1ccccn1)c1ccc2ccnc(N3CCN(c4ccccc4)CC3)c2c1. The van der Waals surface area contributed by atoms with E-state index >= 15 is 0 Å². The van der Waals surface area contributed by atoms with Crippen LogP contribution in [0, 0.1) is 0 Å². The van der Waals surface area contributed by atoms with Crippen molar-refractivity contribution in [1.29, 1.82) is 0 Å². The van der Waals surface area contributed by atoms with Crippen molar-refractivity contribution < 1.29 is 4.79 Å². The van der Waals surface area contributed by atoms with Gasteiger partial charge in [-0.25, -0.2) is 4.98 Å². The molecule has 0 aliphatic carbocycles. The molecular formula is C26H25N5O. The highest BCUT2D eigenvalue weighted by Gasteiger charge is 2.20. The highest BCUT2D eigenvalue weighted by atomic mass is 16.1. The minimum Gasteiger partial charge on any atom is -0.368 e. The highest BCUT2D eigenvalue weighted by Crippen LogP contribution is 2.27. The maximum atomic E-state index is 12.8. The summed E-state index contributed by atoms with van der Waals surface area (Å²) in [5.74, 6) is 0.829. The maximum Gasteiger partial charge on any atom is 0.251 e. The quantitative estimate of drug-likeness (QED) is 0.528. The van der Waals surface area contributed by atoms with Crippen LogP contribution >= 0.6 is 0 Å². The van der Waals surface area contributed by atoms with Crippen molar-refractivity contribution >= 4 is 28.2 Å². The van der Waals surface area contributed by atoms with Gasteiger partial charge in [-0.3, -0.25) is 9.78 Å². The Kier molecular flexibility index (Phi) is 5.66. The van der Waals surface area contributed by atoms with Gasteiger partial charge in [0.1, 0.15) is 5.82 Å². The fraction of sp³-hybridized carbons (Fsp3) is 0.192. The van der Waals surface area contributed by atoms with E-state index in [1.165, 1.54) is 5.69 Å². The molecule has 6 heteroatoms. The number of carbonyl (C=O) groups is 1. The zero-order valence-electron chi connectivity index (χ0n) is 17.8. The molecule has 3 heterocycles. The molecule has 2 aromatic carbocycles. The molecule has 0 saturated carbocycles. The molecule has 5 rings (SSSR count). The number of nitrogens with zero attached hydrogens (tertiary/aromatic N) is 4. The summed E-state index contributed by atoms with van der Waals surface area (Å²) < 4.78 is 0. The van der Waals surface area contributed by atoms with Crippen LogP contribution in [0.2, 0.25) is 0 Å². The number of carbonyl (C=O) groups excluding carboxylic acids is 1. The van der Waals surface area contributed by atoms with Gasteiger partial charge in [0.25, 0.3) is 5.91 Å². The van der Waals surface area contributed by atoms with E-state index < -0.39 is 0 Å². The van der Waals surface area contributed by atoms with Crippen LogP contribution in [0.3, 0.4) is 0 Å². The monoisotopic (exact) mass is 423 g/mol. The number of fused-ring (bicyclic) bond motifs is 1. The second-order valence-electron chi connectivity index (χ2n) is 7.88. The number of piperazine rings is 1. The van der Waals surface area contributed by atoms with Gasteiger partial charge in [-0.15, -0.1) is 0 Å². The van der Waals surface area contributed by atoms with Gasteiger partial charge in [-0.2, -0.15) is 0 Å². The van der Waals surface area contributed by atoms with Gasteiger partial charge in [0.15, 0.2) is 0 Å². The van der Waals surface area contributed by atoms with Crippen molar-refractivity contribution in [3.63, 3.8) is 0 Å². The minimum atomic E-state index is -0.110. The summed E-state index contributed by atoms with van der Waals surface area (Å²) >= 11 is 0. The van der Waals surface area contributed by atoms with E-state index in [0.29, 0.717) is 12.1 Å². The Bertz CT molecular complexity index is 1200. The molecule has 2 aromatic heterocycles. The molecule has 0 atom stereocenters. The smallest absolute Gasteiger partial charge is 0.251 e. The van der Waals surface area contributed by atoms with Crippen molar-refractivity contribution in [2.75, 3.05) is 36.0 Å². The first-order valence-electron chi connectivity index (χ1n) is 10.9. The van der Waals surface area contributed by atoms with Gasteiger partial charge < -0.3 is 15.1 Å². The highest BCUT2D eigenvalue weighted by molar-refractivity contribution is 6.01. The fourth-order valence-corrected chi connectivity index (χ4v) is 4.14. The average molecular weight is 424 g/mol. The van der Waals surface area contributed by atoms with Crippen LogP contribution < -0.4 is 15.1 Å². The van der Waals surface area contributed by atoms with Crippen LogP contribution in [0.25, 0.3) is 10.8 Å². The maximum absolute atomic E-state index is 12.8. The third-order valence-corrected chi connectivity index (χ3v) is 5.86. The summed E-state index contributed by atoms with van der Waals surface area (Å²) in [6, 6.07) is 24.0. The van der Waals surface area contributed by atoms with E-state index in [1.54, 1.807) is 6.20 Å². The zero-order chi connectivity index (χ0) is 21.8. The van der Waals surface area contributed by atoms with Crippen LogP contribution in [-0.4, -0.2) is 42.1 Å². The van der Waals surface area contributed by atoms with E-state index in [-0.39, 0.29) is 5.91 Å². The van der Waals surface area contributed by atoms with Crippen molar-refractivity contribution in [2.45, 2.75) is 6.54 Å². The van der Waals surface area contributed by atoms with Crippen LogP contribution in [-0.2, 0) is 6.54 Å². The van der Waals surface area contributed by atoms with E-state index in [4.69, 9.17) is 0 Å². The van der Waals surface area contributed by atoms with Crippen molar-refractivity contribution in [3.05, 3.63) is 96.4 Å². The van der Waals surface area contributed by atoms with Crippen molar-refractivity contribution in [3.8, 4) is 0 Å². The first-order valence-corrected chi connectivity index (χ1v) is 10.9. The summed E-state index contributed by atoms with van der Waals surface area (Å²) in [7, 11) is 0. The fourth-order valence-electron chi connectivity index (χ4n) is 4.14. The molecular weight excluding hydrogens is 398 g/mol. The summed E-state index contributed by atoms with van der Waals surface area (Å²) in [6.45, 7) is 4.05. The Labute approximate surface area is 187 Å². The number of hydrogen-bond acceptors (Lipinski definition) is 5. The van der Waals surface area contributed by atoms with E-state index in [9.17, 15) is 4.79 Å². The Morgan fingerprint density at radius 1 is 0.812 bits per heavy atom. The standard InChI is InChI=1S/C26H25N5O/c32-26(29-19-22-6-4-5-12-27-22)21-10-9-20-11-13-28-25(24(20)18-21)31-16-14-30(15-17-31)23-7-2-1-3-8-23/h1-13,18H,14-17,19H2,(H,29,32). The second-order valence-corrected chi connectivity index (χ2v) is 7.88. The molecule has 32 heavy (non-hydrogen) atoms. The van der Waals surface area contributed by atoms with Crippen LogP contribution in [0.4, 0.5) is 11.5 Å². The first kappa shape index (κ1) is 20.0. The lowest BCUT2D eigenvalue weighted by Crippen LogP contribution is -2.46. The topological polar surface area (TPSA) is 61.4 Å². The number of anilines is 2. The minimum absolute atomic E-state index is 0.110. The number of benzene rings is 2. The number of amides is 1. The van der Waals surface area contributed by atoms with E-state index in [0.717, 1.165) is 48.5 Å². The van der Waals surface area contributed by atoms with E-state index in [1.807, 2.05) is 54.7 Å². The van der Waals surface area contributed by atoms with Crippen molar-refractivity contribution in [2.24, 2.45) is 0 Å². The van der Waals surface area contributed by atoms with E-state index in [2.05, 4.69) is 49.4 Å². The number of rotatable bonds is 5. The predicted octanol–water partition coefficient (Wildman–Crippen LogP) is 3.89. The first-order chi connectivity index (χ1) is 15.8. The molecule has 4 aromatic rings. The molecule has 1 amide bonds. The van der Waals surface area contributed by atoms with Gasteiger partial charge in [0.05, 0.1) is 12.2 Å². The number of para-hydroxylation sites is 1. The normalized spacial score (nSPS) is 13.9. The Hall–Kier alpha value is -3.93. The molecule has 0 bridgehead atoms. The van der Waals surface area contributed by atoms with Gasteiger partial charge in [0.2, 0.25) is 0 Å². The summed E-state index contributed by atoms with van der Waals surface area (Å²) in [4.78, 5) is 26.4. The predicted molar refractivity (Wildman–Crippen MR) is 128 cm³/mol. The van der Waals surface area contributed by atoms with Gasteiger partial charge >= 0.3 is 0 Å². The number of aromatic nitrogens is 2. The third-order valence-electron chi connectivity index (χ3n) is 5.86. The molecule has 1 aliphatic rings. The average Bonchev–Trinajstić information content (AvgIpc) is 2.88. The summed E-state index contributed by atoms with van der Waals surface area (Å²) in [6.07, 6.45) is 3.58.